The highest BCUT2D eigenvalue weighted by atomic mass is 35.5. The fourth-order valence-corrected chi connectivity index (χ4v) is 1.28. The molecule has 0 aliphatic carbocycles. The van der Waals surface area contributed by atoms with E-state index in [1.54, 1.807) is 0 Å². The third-order valence-corrected chi connectivity index (χ3v) is 2.25. The quantitative estimate of drug-likeness (QED) is 0.770. The van der Waals surface area contributed by atoms with E-state index in [9.17, 15) is 13.6 Å². The van der Waals surface area contributed by atoms with Crippen LogP contribution in [-0.2, 0) is 15.6 Å². The van der Waals surface area contributed by atoms with E-state index in [1.807, 2.05) is 0 Å². The molecule has 0 saturated carbocycles. The molecule has 0 heterocycles. The molecule has 0 N–H and O–H groups in total. The Bertz CT molecular complexity index is 398. The van der Waals surface area contributed by atoms with Gasteiger partial charge in [-0.1, -0.05) is 23.7 Å². The summed E-state index contributed by atoms with van der Waals surface area (Å²) in [5.74, 6) is -5.10. The molecule has 0 bridgehead atoms. The number of amides is 1. The predicted molar refractivity (Wildman–Crippen MR) is 55.1 cm³/mol. The van der Waals surface area contributed by atoms with Crippen molar-refractivity contribution in [2.45, 2.75) is 5.92 Å². The molecule has 0 saturated heterocycles. The molecular formula is C10H10ClF2NO2. The molecule has 3 nitrogen and oxygen atoms in total. The van der Waals surface area contributed by atoms with E-state index in [4.69, 9.17) is 11.6 Å². The van der Waals surface area contributed by atoms with Gasteiger partial charge in [0.15, 0.2) is 0 Å². The van der Waals surface area contributed by atoms with Gasteiger partial charge in [-0.2, -0.15) is 8.78 Å². The zero-order valence-corrected chi connectivity index (χ0v) is 9.46. The molecule has 0 fully saturated rings. The molecule has 1 aromatic carbocycles. The third kappa shape index (κ3) is 2.48. The van der Waals surface area contributed by atoms with Crippen LogP contribution in [0.3, 0.4) is 0 Å². The molecule has 0 atom stereocenters. The Kier molecular flexibility index (Phi) is 3.83. The number of hydroxylamine groups is 2. The number of rotatable bonds is 3. The summed E-state index contributed by atoms with van der Waals surface area (Å²) in [6.45, 7) is 0. The van der Waals surface area contributed by atoms with Gasteiger partial charge in [0.2, 0.25) is 0 Å². The Morgan fingerprint density at radius 1 is 1.50 bits per heavy atom. The number of hydrogen-bond donors (Lipinski definition) is 0. The van der Waals surface area contributed by atoms with Gasteiger partial charge in [-0.15, -0.1) is 0 Å². The second-order valence-corrected chi connectivity index (χ2v) is 3.51. The lowest BCUT2D eigenvalue weighted by molar-refractivity contribution is -0.195. The average Bonchev–Trinajstić information content (AvgIpc) is 2.27. The van der Waals surface area contributed by atoms with E-state index in [-0.39, 0.29) is 5.02 Å². The smallest absolute Gasteiger partial charge is 0.274 e. The molecule has 0 unspecified atom stereocenters. The van der Waals surface area contributed by atoms with E-state index in [2.05, 4.69) is 4.84 Å². The van der Waals surface area contributed by atoms with Crippen molar-refractivity contribution in [3.8, 4) is 0 Å². The summed E-state index contributed by atoms with van der Waals surface area (Å²) >= 11 is 5.58. The van der Waals surface area contributed by atoms with Crippen LogP contribution >= 0.6 is 11.6 Å². The van der Waals surface area contributed by atoms with Gasteiger partial charge in [0.05, 0.1) is 7.11 Å². The maximum atomic E-state index is 13.6. The summed E-state index contributed by atoms with van der Waals surface area (Å²) < 4.78 is 27.3. The molecular weight excluding hydrogens is 240 g/mol. The van der Waals surface area contributed by atoms with Gasteiger partial charge in [-0.3, -0.25) is 9.63 Å². The second kappa shape index (κ2) is 4.76. The van der Waals surface area contributed by atoms with Crippen LogP contribution in [0, 0.1) is 0 Å². The number of alkyl halides is 2. The van der Waals surface area contributed by atoms with Crippen LogP contribution < -0.4 is 0 Å². The van der Waals surface area contributed by atoms with Gasteiger partial charge in [-0.25, -0.2) is 5.06 Å². The maximum absolute atomic E-state index is 13.6. The monoisotopic (exact) mass is 249 g/mol. The molecule has 1 rings (SSSR count). The highest BCUT2D eigenvalue weighted by Gasteiger charge is 2.43. The summed E-state index contributed by atoms with van der Waals surface area (Å²) in [7, 11) is 2.24. The Labute approximate surface area is 96.5 Å². The Balaban J connectivity index is 3.06. The lowest BCUT2D eigenvalue weighted by Gasteiger charge is -2.21. The fourth-order valence-electron chi connectivity index (χ4n) is 1.09. The number of hydrogen-bond acceptors (Lipinski definition) is 2. The van der Waals surface area contributed by atoms with Gasteiger partial charge in [0.1, 0.15) is 0 Å². The van der Waals surface area contributed by atoms with Gasteiger partial charge in [0, 0.05) is 17.6 Å². The lowest BCUT2D eigenvalue weighted by Crippen LogP contribution is -2.38. The number of carbonyl (C=O) groups excluding carboxylic acids is 1. The van der Waals surface area contributed by atoms with Crippen molar-refractivity contribution < 1.29 is 18.4 Å². The Hall–Kier alpha value is -1.20. The van der Waals surface area contributed by atoms with E-state index in [0.29, 0.717) is 5.06 Å². The largest absolute Gasteiger partial charge is 0.352 e. The summed E-state index contributed by atoms with van der Waals surface area (Å²) in [6.07, 6.45) is 0. The lowest BCUT2D eigenvalue weighted by atomic mass is 10.1. The van der Waals surface area contributed by atoms with E-state index in [0.717, 1.165) is 26.3 Å². The number of likely N-dealkylation sites (N-methyl/N-ethyl adjacent to an activating group) is 1. The van der Waals surface area contributed by atoms with Crippen molar-refractivity contribution in [3.63, 3.8) is 0 Å². The molecule has 0 aliphatic rings. The Morgan fingerprint density at radius 2 is 2.12 bits per heavy atom. The standard InChI is InChI=1S/C10H10ClF2NO2/c1-14(16-2)9(15)10(12,13)7-4-3-5-8(11)6-7/h3-6H,1-2H3. The molecule has 0 radical (unpaired) electrons. The molecule has 1 aromatic rings. The Morgan fingerprint density at radius 3 is 2.62 bits per heavy atom. The first-order valence-electron chi connectivity index (χ1n) is 4.35. The van der Waals surface area contributed by atoms with E-state index >= 15 is 0 Å². The number of halogens is 3. The van der Waals surface area contributed by atoms with Gasteiger partial charge in [-0.05, 0) is 12.1 Å². The average molecular weight is 250 g/mol. The van der Waals surface area contributed by atoms with Crippen LogP contribution in [0.5, 0.6) is 0 Å². The van der Waals surface area contributed by atoms with Crippen molar-refractivity contribution in [1.82, 2.24) is 5.06 Å². The third-order valence-electron chi connectivity index (χ3n) is 2.02. The van der Waals surface area contributed by atoms with Gasteiger partial charge < -0.3 is 0 Å². The zero-order chi connectivity index (χ0) is 12.3. The van der Waals surface area contributed by atoms with Crippen molar-refractivity contribution in [3.05, 3.63) is 34.9 Å². The van der Waals surface area contributed by atoms with Crippen LogP contribution in [0.2, 0.25) is 5.02 Å². The van der Waals surface area contributed by atoms with Crippen molar-refractivity contribution in [2.75, 3.05) is 14.2 Å². The minimum Gasteiger partial charge on any atom is -0.274 e. The maximum Gasteiger partial charge on any atom is 0.352 e. The number of benzene rings is 1. The topological polar surface area (TPSA) is 29.5 Å². The van der Waals surface area contributed by atoms with Gasteiger partial charge >= 0.3 is 11.8 Å². The molecule has 88 valence electrons. The molecule has 0 aliphatic heterocycles. The van der Waals surface area contributed by atoms with Crippen LogP contribution in [0.25, 0.3) is 0 Å². The molecule has 0 spiro atoms. The number of carbonyl (C=O) groups is 1. The molecule has 16 heavy (non-hydrogen) atoms. The van der Waals surface area contributed by atoms with Crippen LogP contribution in [0.1, 0.15) is 5.56 Å². The highest BCUT2D eigenvalue weighted by Crippen LogP contribution is 2.31. The summed E-state index contributed by atoms with van der Waals surface area (Å²) in [5.41, 5.74) is -0.464. The van der Waals surface area contributed by atoms with Crippen molar-refractivity contribution >= 4 is 17.5 Å². The molecule has 0 aromatic heterocycles. The first-order chi connectivity index (χ1) is 7.39. The van der Waals surface area contributed by atoms with Crippen molar-refractivity contribution in [2.24, 2.45) is 0 Å². The van der Waals surface area contributed by atoms with Crippen LogP contribution in [-0.4, -0.2) is 25.1 Å². The summed E-state index contributed by atoms with van der Waals surface area (Å²) in [6, 6.07) is 4.98. The normalized spacial score (nSPS) is 11.3. The first-order valence-corrected chi connectivity index (χ1v) is 4.73. The van der Waals surface area contributed by atoms with Gasteiger partial charge in [0.25, 0.3) is 0 Å². The van der Waals surface area contributed by atoms with Crippen LogP contribution in [0.4, 0.5) is 8.78 Å². The summed E-state index contributed by atoms with van der Waals surface area (Å²) in [4.78, 5) is 15.7. The second-order valence-electron chi connectivity index (χ2n) is 3.07. The SMILES string of the molecule is CON(C)C(=O)C(F)(F)c1cccc(Cl)c1. The minimum atomic E-state index is -3.66. The fraction of sp³-hybridized carbons (Fsp3) is 0.300. The molecule has 6 heteroatoms. The predicted octanol–water partition coefficient (Wildman–Crippen LogP) is 2.45. The van der Waals surface area contributed by atoms with Crippen LogP contribution in [0.15, 0.2) is 24.3 Å². The highest BCUT2D eigenvalue weighted by molar-refractivity contribution is 6.30. The molecule has 1 amide bonds. The number of nitrogens with zero attached hydrogens (tertiary/aromatic N) is 1. The van der Waals surface area contributed by atoms with E-state index < -0.39 is 17.4 Å². The first kappa shape index (κ1) is 12.9. The zero-order valence-electron chi connectivity index (χ0n) is 8.71. The van der Waals surface area contributed by atoms with Crippen molar-refractivity contribution in [1.29, 1.82) is 0 Å². The minimum absolute atomic E-state index is 0.144. The summed E-state index contributed by atoms with van der Waals surface area (Å²) in [5, 5.41) is 0.617. The van der Waals surface area contributed by atoms with E-state index in [1.165, 1.54) is 12.1 Å².